The summed E-state index contributed by atoms with van der Waals surface area (Å²) in [7, 11) is 1.65. The molecule has 5 heteroatoms. The van der Waals surface area contributed by atoms with Gasteiger partial charge in [-0.25, -0.2) is 0 Å². The van der Waals surface area contributed by atoms with E-state index < -0.39 is 0 Å². The van der Waals surface area contributed by atoms with E-state index in [4.69, 9.17) is 4.74 Å². The minimum atomic E-state index is -0.323. The molecule has 0 N–H and O–H groups in total. The maximum Gasteiger partial charge on any atom is 0.256 e. The predicted octanol–water partition coefficient (Wildman–Crippen LogP) is 4.04. The van der Waals surface area contributed by atoms with E-state index in [0.29, 0.717) is 5.52 Å². The van der Waals surface area contributed by atoms with Gasteiger partial charge >= 0.3 is 0 Å². The smallest absolute Gasteiger partial charge is 0.256 e. The Balaban J connectivity index is 1.71. The molecule has 4 rings (SSSR count). The van der Waals surface area contributed by atoms with Gasteiger partial charge in [-0.3, -0.25) is 4.79 Å². The van der Waals surface area contributed by atoms with Gasteiger partial charge in [0.1, 0.15) is 11.3 Å². The average molecular weight is 331 g/mol. The minimum Gasteiger partial charge on any atom is -0.497 e. The van der Waals surface area contributed by atoms with Crippen LogP contribution in [0, 0.1) is 0 Å². The van der Waals surface area contributed by atoms with Crippen molar-refractivity contribution in [3.63, 3.8) is 0 Å². The number of benzene rings is 3. The zero-order chi connectivity index (χ0) is 17.4. The SMILES string of the molecule is COc1ccc2cc(C(C)C(=O)n3nnc4ccccc43)ccc2c1. The molecular formula is C20H17N3O2. The van der Waals surface area contributed by atoms with E-state index >= 15 is 0 Å². The summed E-state index contributed by atoms with van der Waals surface area (Å²) < 4.78 is 6.64. The first-order chi connectivity index (χ1) is 12.2. The first-order valence-electron chi connectivity index (χ1n) is 8.10. The van der Waals surface area contributed by atoms with Crippen LogP contribution in [0.1, 0.15) is 23.2 Å². The quantitative estimate of drug-likeness (QED) is 0.568. The summed E-state index contributed by atoms with van der Waals surface area (Å²) in [5.41, 5.74) is 2.39. The zero-order valence-electron chi connectivity index (χ0n) is 14.0. The van der Waals surface area contributed by atoms with Crippen LogP contribution in [0.3, 0.4) is 0 Å². The van der Waals surface area contributed by atoms with Crippen LogP contribution in [0.25, 0.3) is 21.8 Å². The molecule has 0 amide bonds. The molecule has 0 radical (unpaired) electrons. The Kier molecular flexibility index (Phi) is 3.69. The number of carbonyl (C=O) groups excluding carboxylic acids is 1. The predicted molar refractivity (Wildman–Crippen MR) is 97.1 cm³/mol. The highest BCUT2D eigenvalue weighted by molar-refractivity contribution is 5.93. The molecule has 0 aliphatic rings. The van der Waals surface area contributed by atoms with Crippen molar-refractivity contribution in [1.29, 1.82) is 0 Å². The van der Waals surface area contributed by atoms with Crippen molar-refractivity contribution in [2.24, 2.45) is 0 Å². The van der Waals surface area contributed by atoms with E-state index in [1.807, 2.05) is 67.6 Å². The molecule has 0 fully saturated rings. The fraction of sp³-hybridized carbons (Fsp3) is 0.150. The lowest BCUT2D eigenvalue weighted by Gasteiger charge is -2.12. The van der Waals surface area contributed by atoms with Crippen LogP contribution < -0.4 is 4.74 Å². The molecule has 1 heterocycles. The van der Waals surface area contributed by atoms with Crippen LogP contribution in [0.15, 0.2) is 60.7 Å². The topological polar surface area (TPSA) is 57.0 Å². The molecule has 25 heavy (non-hydrogen) atoms. The fourth-order valence-electron chi connectivity index (χ4n) is 3.00. The van der Waals surface area contributed by atoms with Crippen LogP contribution >= 0.6 is 0 Å². The Labute approximate surface area is 144 Å². The highest BCUT2D eigenvalue weighted by Gasteiger charge is 2.20. The largest absolute Gasteiger partial charge is 0.497 e. The van der Waals surface area contributed by atoms with E-state index in [0.717, 1.165) is 27.6 Å². The van der Waals surface area contributed by atoms with Crippen LogP contribution in [0.5, 0.6) is 5.75 Å². The lowest BCUT2D eigenvalue weighted by atomic mass is 9.97. The number of fused-ring (bicyclic) bond motifs is 2. The number of hydrogen-bond donors (Lipinski definition) is 0. The van der Waals surface area contributed by atoms with Crippen LogP contribution in [-0.4, -0.2) is 28.0 Å². The van der Waals surface area contributed by atoms with Gasteiger partial charge in [0.2, 0.25) is 0 Å². The zero-order valence-corrected chi connectivity index (χ0v) is 14.0. The lowest BCUT2D eigenvalue weighted by molar-refractivity contribution is 0.0872. The van der Waals surface area contributed by atoms with Gasteiger partial charge < -0.3 is 4.74 Å². The van der Waals surface area contributed by atoms with Crippen molar-refractivity contribution >= 4 is 27.7 Å². The molecule has 3 aromatic carbocycles. The molecule has 0 bridgehead atoms. The molecule has 1 unspecified atom stereocenters. The van der Waals surface area contributed by atoms with Crippen molar-refractivity contribution < 1.29 is 9.53 Å². The Hall–Kier alpha value is -3.21. The summed E-state index contributed by atoms with van der Waals surface area (Å²) in [4.78, 5) is 12.9. The molecule has 0 spiro atoms. The summed E-state index contributed by atoms with van der Waals surface area (Å²) in [6, 6.07) is 19.4. The molecule has 1 atom stereocenters. The number of aromatic nitrogens is 3. The first kappa shape index (κ1) is 15.3. The summed E-state index contributed by atoms with van der Waals surface area (Å²) >= 11 is 0. The van der Waals surface area contributed by atoms with Gasteiger partial charge in [-0.2, -0.15) is 4.68 Å². The van der Waals surface area contributed by atoms with Crippen molar-refractivity contribution in [3.8, 4) is 5.75 Å². The molecule has 5 nitrogen and oxygen atoms in total. The summed E-state index contributed by atoms with van der Waals surface area (Å²) in [5, 5.41) is 10.2. The van der Waals surface area contributed by atoms with Crippen molar-refractivity contribution in [1.82, 2.24) is 15.0 Å². The molecule has 0 saturated heterocycles. The van der Waals surface area contributed by atoms with Gasteiger partial charge in [0.05, 0.1) is 18.5 Å². The maximum atomic E-state index is 12.9. The summed E-state index contributed by atoms with van der Waals surface area (Å²) in [5.74, 6) is 0.400. The van der Waals surface area contributed by atoms with Gasteiger partial charge in [0.15, 0.2) is 0 Å². The Morgan fingerprint density at radius 1 is 1.04 bits per heavy atom. The number of para-hydroxylation sites is 1. The third-order valence-corrected chi connectivity index (χ3v) is 4.50. The number of hydrogen-bond acceptors (Lipinski definition) is 4. The number of nitrogens with zero attached hydrogens (tertiary/aromatic N) is 3. The third kappa shape index (κ3) is 2.63. The first-order valence-corrected chi connectivity index (χ1v) is 8.10. The highest BCUT2D eigenvalue weighted by atomic mass is 16.5. The Morgan fingerprint density at radius 3 is 2.64 bits per heavy atom. The maximum absolute atomic E-state index is 12.9. The monoisotopic (exact) mass is 331 g/mol. The van der Waals surface area contributed by atoms with Crippen LogP contribution in [0.2, 0.25) is 0 Å². The summed E-state index contributed by atoms with van der Waals surface area (Å²) in [6.07, 6.45) is 0. The molecule has 124 valence electrons. The van der Waals surface area contributed by atoms with Crippen LogP contribution in [-0.2, 0) is 0 Å². The average Bonchev–Trinajstić information content (AvgIpc) is 3.10. The molecule has 0 aliphatic carbocycles. The van der Waals surface area contributed by atoms with E-state index in [-0.39, 0.29) is 11.8 Å². The number of rotatable bonds is 3. The van der Waals surface area contributed by atoms with Gasteiger partial charge in [0, 0.05) is 0 Å². The van der Waals surface area contributed by atoms with Crippen molar-refractivity contribution in [2.45, 2.75) is 12.8 Å². The van der Waals surface area contributed by atoms with Gasteiger partial charge in [-0.05, 0) is 47.5 Å². The van der Waals surface area contributed by atoms with Crippen LogP contribution in [0.4, 0.5) is 0 Å². The number of ether oxygens (including phenoxy) is 1. The number of methoxy groups -OCH3 is 1. The third-order valence-electron chi connectivity index (χ3n) is 4.50. The second kappa shape index (κ2) is 6.02. The molecule has 1 aromatic heterocycles. The van der Waals surface area contributed by atoms with Crippen molar-refractivity contribution in [3.05, 3.63) is 66.2 Å². The normalized spacial score (nSPS) is 12.4. The summed E-state index contributed by atoms with van der Waals surface area (Å²) in [6.45, 7) is 1.89. The Morgan fingerprint density at radius 2 is 1.80 bits per heavy atom. The fourth-order valence-corrected chi connectivity index (χ4v) is 3.00. The highest BCUT2D eigenvalue weighted by Crippen LogP contribution is 2.26. The molecule has 4 aromatic rings. The minimum absolute atomic E-state index is 0.0958. The Bertz CT molecular complexity index is 1080. The van der Waals surface area contributed by atoms with E-state index in [1.54, 1.807) is 7.11 Å². The van der Waals surface area contributed by atoms with E-state index in [1.165, 1.54) is 4.68 Å². The van der Waals surface area contributed by atoms with Gasteiger partial charge in [-0.1, -0.05) is 41.6 Å². The van der Waals surface area contributed by atoms with E-state index in [9.17, 15) is 4.79 Å². The molecule has 0 saturated carbocycles. The standard InChI is InChI=1S/C20H17N3O2/c1-13(20(24)23-19-6-4-3-5-18(19)21-22-23)14-7-8-16-12-17(25-2)10-9-15(16)11-14/h3-13H,1-2H3. The van der Waals surface area contributed by atoms with Gasteiger partial charge in [-0.15, -0.1) is 5.10 Å². The second-order valence-electron chi connectivity index (χ2n) is 6.02. The van der Waals surface area contributed by atoms with E-state index in [2.05, 4.69) is 10.3 Å². The van der Waals surface area contributed by atoms with Crippen molar-refractivity contribution in [2.75, 3.05) is 7.11 Å². The van der Waals surface area contributed by atoms with Gasteiger partial charge in [0.25, 0.3) is 5.91 Å². The molecular weight excluding hydrogens is 314 g/mol. The second-order valence-corrected chi connectivity index (χ2v) is 6.02. The molecule has 0 aliphatic heterocycles. The lowest BCUT2D eigenvalue weighted by Crippen LogP contribution is -2.19. The number of carbonyl (C=O) groups is 1.